The van der Waals surface area contributed by atoms with Crippen LogP contribution in [0.5, 0.6) is 0 Å². The molecular weight excluding hydrogens is 575 g/mol. The number of hydrogen-bond acceptors (Lipinski definition) is 5. The maximum Gasteiger partial charge on any atom is 0.319 e. The Bertz CT molecular complexity index is 1220. The topological polar surface area (TPSA) is 125 Å². The average Bonchev–Trinajstić information content (AvgIpc) is 2.99. The van der Waals surface area contributed by atoms with Gasteiger partial charge >= 0.3 is 6.03 Å². The standard InChI is InChI=1S/C31H42Cl2N6O3/c32-24-10-9-23(26(33)22-24)21-27(36-28(40)11-15-34)29(41)37-17-19-38(20-18-37)31(12-5-2-6-13-31)14-16-39(30(35)42)25-7-3-1-4-8-25/h1,3-4,7-10,22,27H,2,5-6,11-21,34H2,(H2,35,42)(H,36,40). The van der Waals surface area contributed by atoms with Gasteiger partial charge in [0.15, 0.2) is 0 Å². The summed E-state index contributed by atoms with van der Waals surface area (Å²) in [5.74, 6) is -0.397. The van der Waals surface area contributed by atoms with Crippen LogP contribution in [0.3, 0.4) is 0 Å². The van der Waals surface area contributed by atoms with Crippen LogP contribution < -0.4 is 21.7 Å². The van der Waals surface area contributed by atoms with Crippen LogP contribution in [-0.4, -0.2) is 78.5 Å². The summed E-state index contributed by atoms with van der Waals surface area (Å²) < 4.78 is 0. The highest BCUT2D eigenvalue weighted by molar-refractivity contribution is 6.35. The Morgan fingerprint density at radius 1 is 0.976 bits per heavy atom. The van der Waals surface area contributed by atoms with Gasteiger partial charge in [0, 0.05) is 73.4 Å². The van der Waals surface area contributed by atoms with E-state index < -0.39 is 12.1 Å². The number of rotatable bonds is 11. The highest BCUT2D eigenvalue weighted by Crippen LogP contribution is 2.38. The number of primary amides is 1. The van der Waals surface area contributed by atoms with Gasteiger partial charge in [0.25, 0.3) is 0 Å². The predicted molar refractivity (Wildman–Crippen MR) is 168 cm³/mol. The average molecular weight is 618 g/mol. The summed E-state index contributed by atoms with van der Waals surface area (Å²) in [4.78, 5) is 44.6. The lowest BCUT2D eigenvalue weighted by Gasteiger charge is -2.50. The second-order valence-corrected chi connectivity index (χ2v) is 12.1. The number of nitrogens with two attached hydrogens (primary N) is 2. The fourth-order valence-electron chi connectivity index (χ4n) is 6.35. The van der Waals surface area contributed by atoms with Gasteiger partial charge in [-0.25, -0.2) is 4.79 Å². The first-order valence-electron chi connectivity index (χ1n) is 14.8. The lowest BCUT2D eigenvalue weighted by Crippen LogP contribution is -2.61. The van der Waals surface area contributed by atoms with Gasteiger partial charge in [-0.05, 0) is 49.1 Å². The molecule has 1 unspecified atom stereocenters. The molecule has 0 radical (unpaired) electrons. The molecule has 1 aliphatic carbocycles. The van der Waals surface area contributed by atoms with E-state index in [4.69, 9.17) is 34.7 Å². The Kier molecular flexibility index (Phi) is 11.5. The number of hydrogen-bond donors (Lipinski definition) is 3. The molecule has 0 bridgehead atoms. The van der Waals surface area contributed by atoms with Gasteiger partial charge in [0.2, 0.25) is 11.8 Å². The fourth-order valence-corrected chi connectivity index (χ4v) is 6.84. The molecule has 5 N–H and O–H groups in total. The number of carbonyl (C=O) groups is 3. The summed E-state index contributed by atoms with van der Waals surface area (Å²) in [5, 5.41) is 3.85. The van der Waals surface area contributed by atoms with Gasteiger partial charge in [-0.15, -0.1) is 0 Å². The Morgan fingerprint density at radius 2 is 1.67 bits per heavy atom. The lowest BCUT2D eigenvalue weighted by molar-refractivity contribution is -0.139. The molecule has 1 saturated heterocycles. The van der Waals surface area contributed by atoms with Gasteiger partial charge in [0.1, 0.15) is 6.04 Å². The third-order valence-electron chi connectivity index (χ3n) is 8.62. The zero-order valence-corrected chi connectivity index (χ0v) is 25.6. The molecule has 2 aliphatic rings. The molecular formula is C31H42Cl2N6O3. The number of nitrogens with zero attached hydrogens (tertiary/aromatic N) is 3. The zero-order chi connectivity index (χ0) is 30.1. The van der Waals surface area contributed by atoms with Gasteiger partial charge in [-0.2, -0.15) is 0 Å². The Morgan fingerprint density at radius 3 is 2.29 bits per heavy atom. The minimum atomic E-state index is -0.757. The fraction of sp³-hybridized carbons (Fsp3) is 0.516. The third-order valence-corrected chi connectivity index (χ3v) is 9.21. The number of urea groups is 1. The quantitative estimate of drug-likeness (QED) is 0.349. The monoisotopic (exact) mass is 616 g/mol. The summed E-state index contributed by atoms with van der Waals surface area (Å²) in [5.41, 5.74) is 12.9. The summed E-state index contributed by atoms with van der Waals surface area (Å²) in [7, 11) is 0. The molecule has 2 aromatic carbocycles. The largest absolute Gasteiger partial charge is 0.351 e. The van der Waals surface area contributed by atoms with Gasteiger partial charge in [-0.1, -0.05) is 66.7 Å². The number of halogens is 2. The van der Waals surface area contributed by atoms with E-state index in [1.165, 1.54) is 6.42 Å². The molecule has 2 fully saturated rings. The first kappa shape index (κ1) is 32.1. The number of piperazine rings is 1. The first-order chi connectivity index (χ1) is 20.2. The number of nitrogens with one attached hydrogen (secondary N) is 1. The van der Waals surface area contributed by atoms with Crippen LogP contribution in [0, 0.1) is 0 Å². The van der Waals surface area contributed by atoms with E-state index >= 15 is 0 Å². The van der Waals surface area contributed by atoms with E-state index in [1.54, 1.807) is 23.1 Å². The number of amides is 4. The van der Waals surface area contributed by atoms with Crippen molar-refractivity contribution in [3.8, 4) is 0 Å². The first-order valence-corrected chi connectivity index (χ1v) is 15.6. The molecule has 4 rings (SSSR count). The Labute approximate surface area is 258 Å². The van der Waals surface area contributed by atoms with Crippen molar-refractivity contribution < 1.29 is 14.4 Å². The van der Waals surface area contributed by atoms with Crippen LogP contribution in [0.15, 0.2) is 48.5 Å². The molecule has 42 heavy (non-hydrogen) atoms. The molecule has 11 heteroatoms. The van der Waals surface area contributed by atoms with Crippen LogP contribution in [0.2, 0.25) is 10.0 Å². The Balaban J connectivity index is 1.44. The second kappa shape index (κ2) is 15.0. The molecule has 1 aliphatic heterocycles. The van der Waals surface area contributed by atoms with Crippen molar-refractivity contribution in [1.29, 1.82) is 0 Å². The van der Waals surface area contributed by atoms with E-state index in [-0.39, 0.29) is 36.7 Å². The SMILES string of the molecule is NCCC(=O)NC(Cc1ccc(Cl)cc1Cl)C(=O)N1CCN(C2(CCN(C(N)=O)c3ccccc3)CCCCC2)CC1. The number of benzene rings is 2. The van der Waals surface area contributed by atoms with E-state index in [1.807, 2.05) is 35.2 Å². The summed E-state index contributed by atoms with van der Waals surface area (Å²) in [6.07, 6.45) is 6.79. The van der Waals surface area contributed by atoms with Crippen LogP contribution in [-0.2, 0) is 16.0 Å². The van der Waals surface area contributed by atoms with Crippen molar-refractivity contribution >= 4 is 46.7 Å². The van der Waals surface area contributed by atoms with Crippen LogP contribution in [0.4, 0.5) is 10.5 Å². The lowest BCUT2D eigenvalue weighted by atomic mass is 9.77. The Hall–Kier alpha value is -2.85. The smallest absolute Gasteiger partial charge is 0.319 e. The molecule has 228 valence electrons. The number of anilines is 1. The van der Waals surface area contributed by atoms with Crippen molar-refractivity contribution in [2.75, 3.05) is 44.2 Å². The molecule has 0 spiro atoms. The minimum absolute atomic E-state index is 0.0541. The summed E-state index contributed by atoms with van der Waals surface area (Å²) >= 11 is 12.5. The van der Waals surface area contributed by atoms with Gasteiger partial charge in [-0.3, -0.25) is 19.4 Å². The zero-order valence-electron chi connectivity index (χ0n) is 24.1. The van der Waals surface area contributed by atoms with E-state index in [0.29, 0.717) is 29.7 Å². The molecule has 1 saturated carbocycles. The van der Waals surface area contributed by atoms with E-state index in [9.17, 15) is 14.4 Å². The summed E-state index contributed by atoms with van der Waals surface area (Å²) in [6, 6.07) is 13.5. The normalized spacial score (nSPS) is 17.8. The molecule has 2 aromatic rings. The van der Waals surface area contributed by atoms with Crippen molar-refractivity contribution in [3.05, 3.63) is 64.1 Å². The molecule has 1 heterocycles. The van der Waals surface area contributed by atoms with Crippen molar-refractivity contribution in [1.82, 2.24) is 15.1 Å². The van der Waals surface area contributed by atoms with E-state index in [0.717, 1.165) is 56.4 Å². The highest BCUT2D eigenvalue weighted by Gasteiger charge is 2.41. The maximum absolute atomic E-state index is 13.8. The third kappa shape index (κ3) is 8.16. The molecule has 9 nitrogen and oxygen atoms in total. The van der Waals surface area contributed by atoms with Crippen LogP contribution >= 0.6 is 23.2 Å². The second-order valence-electron chi connectivity index (χ2n) is 11.3. The summed E-state index contributed by atoms with van der Waals surface area (Å²) in [6.45, 7) is 3.28. The van der Waals surface area contributed by atoms with Crippen LogP contribution in [0.25, 0.3) is 0 Å². The molecule has 4 amide bonds. The van der Waals surface area contributed by atoms with Crippen LogP contribution in [0.1, 0.15) is 50.5 Å². The predicted octanol–water partition coefficient (Wildman–Crippen LogP) is 4.19. The highest BCUT2D eigenvalue weighted by atomic mass is 35.5. The number of para-hydroxylation sites is 1. The van der Waals surface area contributed by atoms with Gasteiger partial charge < -0.3 is 21.7 Å². The minimum Gasteiger partial charge on any atom is -0.351 e. The molecule has 0 aromatic heterocycles. The molecule has 1 atom stereocenters. The van der Waals surface area contributed by atoms with Crippen molar-refractivity contribution in [3.63, 3.8) is 0 Å². The van der Waals surface area contributed by atoms with Crippen molar-refractivity contribution in [2.24, 2.45) is 11.5 Å². The number of carbonyl (C=O) groups excluding carboxylic acids is 3. The van der Waals surface area contributed by atoms with Gasteiger partial charge in [0.05, 0.1) is 0 Å². The van der Waals surface area contributed by atoms with Crippen molar-refractivity contribution in [2.45, 2.75) is 62.9 Å². The van der Waals surface area contributed by atoms with E-state index in [2.05, 4.69) is 10.2 Å². The maximum atomic E-state index is 13.8.